The quantitative estimate of drug-likeness (QED) is 0.382. The zero-order valence-corrected chi connectivity index (χ0v) is 15.4. The monoisotopic (exact) mass is 308 g/mol. The van der Waals surface area contributed by atoms with Crippen molar-refractivity contribution in [3.8, 4) is 0 Å². The fourth-order valence-electron chi connectivity index (χ4n) is 2.23. The number of ether oxygens (including phenoxy) is 2. The van der Waals surface area contributed by atoms with Crippen LogP contribution in [0.15, 0.2) is 30.3 Å². The van der Waals surface area contributed by atoms with E-state index >= 15 is 0 Å². The molecule has 2 heteroatoms. The van der Waals surface area contributed by atoms with Gasteiger partial charge >= 0.3 is 0 Å². The van der Waals surface area contributed by atoms with Crippen LogP contribution >= 0.6 is 0 Å². The number of rotatable bonds is 10. The van der Waals surface area contributed by atoms with Gasteiger partial charge in [-0.1, -0.05) is 81.3 Å². The van der Waals surface area contributed by atoms with E-state index in [1.54, 1.807) is 14.2 Å². The van der Waals surface area contributed by atoms with Crippen LogP contribution in [0.5, 0.6) is 0 Å². The van der Waals surface area contributed by atoms with Crippen molar-refractivity contribution in [2.45, 2.75) is 77.9 Å². The molecule has 0 aliphatic rings. The zero-order chi connectivity index (χ0) is 16.7. The van der Waals surface area contributed by atoms with E-state index in [0.717, 1.165) is 6.42 Å². The molecule has 0 fully saturated rings. The van der Waals surface area contributed by atoms with Crippen molar-refractivity contribution < 1.29 is 9.47 Å². The third kappa shape index (κ3) is 11.8. The fraction of sp³-hybridized carbons (Fsp3) is 0.700. The molecule has 0 aliphatic heterocycles. The summed E-state index contributed by atoms with van der Waals surface area (Å²) in [4.78, 5) is 0. The Morgan fingerprint density at radius 3 is 1.73 bits per heavy atom. The molecule has 0 saturated heterocycles. The predicted octanol–water partition coefficient (Wildman–Crippen LogP) is 6.13. The lowest BCUT2D eigenvalue weighted by Crippen LogP contribution is -2.29. The highest BCUT2D eigenvalue weighted by Gasteiger charge is 2.21. The smallest absolute Gasteiger partial charge is 0.164 e. The van der Waals surface area contributed by atoms with Gasteiger partial charge in [0.1, 0.15) is 0 Å². The molecule has 1 aromatic rings. The molecule has 1 rings (SSSR count). The Kier molecular flexibility index (Phi) is 13.2. The maximum absolute atomic E-state index is 5.31. The molecule has 0 unspecified atom stereocenters. The highest BCUT2D eigenvalue weighted by atomic mass is 16.7. The molecule has 128 valence electrons. The predicted molar refractivity (Wildman–Crippen MR) is 96.2 cm³/mol. The lowest BCUT2D eigenvalue weighted by Gasteiger charge is -2.26. The maximum atomic E-state index is 5.31. The molecule has 0 aromatic heterocycles. The average Bonchev–Trinajstić information content (AvgIpc) is 2.55. The number of unbranched alkanes of at least 4 members (excludes halogenated alkanes) is 6. The molecule has 0 radical (unpaired) electrons. The third-order valence-electron chi connectivity index (χ3n) is 4.04. The maximum Gasteiger partial charge on any atom is 0.164 e. The first kappa shape index (κ1) is 21.1. The first-order valence-corrected chi connectivity index (χ1v) is 8.70. The van der Waals surface area contributed by atoms with Crippen molar-refractivity contribution in [3.05, 3.63) is 35.9 Å². The summed E-state index contributed by atoms with van der Waals surface area (Å²) in [5.41, 5.74) is 1.32. The molecule has 0 spiro atoms. The Balaban J connectivity index is 0.000000518. The van der Waals surface area contributed by atoms with Gasteiger partial charge in [0.05, 0.1) is 0 Å². The van der Waals surface area contributed by atoms with Crippen LogP contribution in [-0.4, -0.2) is 20.0 Å². The van der Waals surface area contributed by atoms with Crippen molar-refractivity contribution in [2.75, 3.05) is 14.2 Å². The number of aryl methyl sites for hydroxylation is 1. The van der Waals surface area contributed by atoms with E-state index in [1.165, 1.54) is 50.5 Å². The molecule has 22 heavy (non-hydrogen) atoms. The summed E-state index contributed by atoms with van der Waals surface area (Å²) < 4.78 is 10.6. The van der Waals surface area contributed by atoms with Gasteiger partial charge in [-0.2, -0.15) is 0 Å². The number of hydrogen-bond donors (Lipinski definition) is 0. The Hall–Kier alpha value is -0.860. The Bertz CT molecular complexity index is 331. The van der Waals surface area contributed by atoms with Gasteiger partial charge in [-0.25, -0.2) is 0 Å². The van der Waals surface area contributed by atoms with Crippen LogP contribution in [0.2, 0.25) is 0 Å². The van der Waals surface area contributed by atoms with Gasteiger partial charge in [0.15, 0.2) is 5.79 Å². The van der Waals surface area contributed by atoms with Gasteiger partial charge in [-0.15, -0.1) is 0 Å². The van der Waals surface area contributed by atoms with Crippen molar-refractivity contribution >= 4 is 0 Å². The minimum absolute atomic E-state index is 0.372. The first-order valence-electron chi connectivity index (χ1n) is 8.70. The molecule has 0 bridgehead atoms. The minimum atomic E-state index is -0.372. The van der Waals surface area contributed by atoms with Gasteiger partial charge in [0.2, 0.25) is 0 Å². The molecule has 2 nitrogen and oxygen atoms in total. The number of benzene rings is 1. The van der Waals surface area contributed by atoms with Gasteiger partial charge in [-0.05, 0) is 20.3 Å². The number of methoxy groups -OCH3 is 2. The SMILES string of the molecule is CCCCCCCCCC(C)(OC)OC.Cc1ccccc1. The molecule has 0 atom stereocenters. The molecule has 0 heterocycles. The van der Waals surface area contributed by atoms with Crippen LogP contribution < -0.4 is 0 Å². The van der Waals surface area contributed by atoms with Gasteiger partial charge in [-0.3, -0.25) is 0 Å². The van der Waals surface area contributed by atoms with Crippen molar-refractivity contribution in [2.24, 2.45) is 0 Å². The average molecular weight is 309 g/mol. The standard InChI is InChI=1S/C13H28O2.C7H8/c1-5-6-7-8-9-10-11-12-13(2,14-3)15-4;1-7-5-3-2-4-6-7/h5-12H2,1-4H3;2-6H,1H3. The van der Waals surface area contributed by atoms with Crippen LogP contribution in [0, 0.1) is 6.92 Å². The summed E-state index contributed by atoms with van der Waals surface area (Å²) in [6.45, 7) is 6.34. The van der Waals surface area contributed by atoms with E-state index < -0.39 is 0 Å². The molecule has 0 N–H and O–H groups in total. The van der Waals surface area contributed by atoms with E-state index in [4.69, 9.17) is 9.47 Å². The second-order valence-electron chi connectivity index (χ2n) is 6.07. The molecular formula is C20H36O2. The summed E-state index contributed by atoms with van der Waals surface area (Å²) in [6.07, 6.45) is 10.3. The molecule has 0 aliphatic carbocycles. The van der Waals surface area contributed by atoms with Crippen LogP contribution in [0.1, 0.15) is 70.8 Å². The van der Waals surface area contributed by atoms with Gasteiger partial charge in [0, 0.05) is 20.6 Å². The van der Waals surface area contributed by atoms with E-state index in [-0.39, 0.29) is 5.79 Å². The van der Waals surface area contributed by atoms with E-state index in [2.05, 4.69) is 26.0 Å². The van der Waals surface area contributed by atoms with Gasteiger partial charge < -0.3 is 9.47 Å². The summed E-state index contributed by atoms with van der Waals surface area (Å²) in [5, 5.41) is 0. The van der Waals surface area contributed by atoms with E-state index in [9.17, 15) is 0 Å². The summed E-state index contributed by atoms with van der Waals surface area (Å²) >= 11 is 0. The summed E-state index contributed by atoms with van der Waals surface area (Å²) in [5.74, 6) is -0.372. The first-order chi connectivity index (χ1) is 10.6. The molecule has 0 saturated carbocycles. The van der Waals surface area contributed by atoms with Crippen molar-refractivity contribution in [3.63, 3.8) is 0 Å². The number of hydrogen-bond acceptors (Lipinski definition) is 2. The Morgan fingerprint density at radius 1 is 0.818 bits per heavy atom. The van der Waals surface area contributed by atoms with Crippen LogP contribution in [0.4, 0.5) is 0 Å². The Labute approximate surface area is 138 Å². The van der Waals surface area contributed by atoms with E-state index in [1.807, 2.05) is 25.1 Å². The second-order valence-corrected chi connectivity index (χ2v) is 6.07. The van der Waals surface area contributed by atoms with Crippen LogP contribution in [-0.2, 0) is 9.47 Å². The third-order valence-corrected chi connectivity index (χ3v) is 4.04. The molecule has 0 amide bonds. The Morgan fingerprint density at radius 2 is 1.32 bits per heavy atom. The minimum Gasteiger partial charge on any atom is -0.353 e. The molecule has 1 aromatic carbocycles. The molecular weight excluding hydrogens is 272 g/mol. The van der Waals surface area contributed by atoms with Crippen LogP contribution in [0.25, 0.3) is 0 Å². The largest absolute Gasteiger partial charge is 0.353 e. The summed E-state index contributed by atoms with van der Waals surface area (Å²) in [7, 11) is 3.43. The van der Waals surface area contributed by atoms with Crippen molar-refractivity contribution in [1.82, 2.24) is 0 Å². The topological polar surface area (TPSA) is 18.5 Å². The van der Waals surface area contributed by atoms with Gasteiger partial charge in [0.25, 0.3) is 0 Å². The van der Waals surface area contributed by atoms with E-state index in [0.29, 0.717) is 0 Å². The lowest BCUT2D eigenvalue weighted by atomic mass is 10.1. The highest BCUT2D eigenvalue weighted by molar-refractivity contribution is 5.11. The zero-order valence-electron chi connectivity index (χ0n) is 15.4. The summed E-state index contributed by atoms with van der Waals surface area (Å²) in [6, 6.07) is 10.3. The second kappa shape index (κ2) is 13.8. The lowest BCUT2D eigenvalue weighted by molar-refractivity contribution is -0.197. The normalized spacial score (nSPS) is 11.0. The van der Waals surface area contributed by atoms with Crippen LogP contribution in [0.3, 0.4) is 0 Å². The highest BCUT2D eigenvalue weighted by Crippen LogP contribution is 2.19. The van der Waals surface area contributed by atoms with Crippen molar-refractivity contribution in [1.29, 1.82) is 0 Å². The fourth-order valence-corrected chi connectivity index (χ4v) is 2.23.